The number of piperazine rings is 1. The molecule has 0 radical (unpaired) electrons. The number of anilines is 2. The van der Waals surface area contributed by atoms with E-state index in [1.165, 1.54) is 12.1 Å². The smallest absolute Gasteiger partial charge is 0.254 e. The van der Waals surface area contributed by atoms with Crippen molar-refractivity contribution in [2.75, 3.05) is 42.9 Å². The van der Waals surface area contributed by atoms with Gasteiger partial charge in [0.15, 0.2) is 0 Å². The van der Waals surface area contributed by atoms with Gasteiger partial charge in [-0.2, -0.15) is 0 Å². The van der Waals surface area contributed by atoms with E-state index in [1.807, 2.05) is 17.0 Å². The van der Waals surface area contributed by atoms with Crippen molar-refractivity contribution in [1.82, 2.24) is 4.90 Å². The maximum atomic E-state index is 13.1. The summed E-state index contributed by atoms with van der Waals surface area (Å²) in [6, 6.07) is 12.5. The molecule has 0 aliphatic carbocycles. The van der Waals surface area contributed by atoms with Crippen molar-refractivity contribution in [3.8, 4) is 0 Å². The second-order valence-corrected chi connectivity index (χ2v) is 6.62. The molecule has 0 bridgehead atoms. The summed E-state index contributed by atoms with van der Waals surface area (Å²) in [6.45, 7) is 3.89. The van der Waals surface area contributed by atoms with Crippen LogP contribution in [0.5, 0.6) is 0 Å². The van der Waals surface area contributed by atoms with E-state index in [0.717, 1.165) is 55.0 Å². The standard InChI is InChI=1S/C20H22FN3O.2ClH/c21-15-6-8-16(9-7-15)23-11-13-24(14-12-23)20(25)18-3-1-5-19-17(18)4-2-10-22-19;;/h1,3,5-9,22H,2,4,10-14H2;2*1H. The number of hydrogen-bond donors (Lipinski definition) is 1. The quantitative estimate of drug-likeness (QED) is 0.811. The lowest BCUT2D eigenvalue weighted by Crippen LogP contribution is -2.49. The maximum absolute atomic E-state index is 13.1. The number of hydrogen-bond acceptors (Lipinski definition) is 3. The number of fused-ring (bicyclic) bond motifs is 1. The van der Waals surface area contributed by atoms with Crippen LogP contribution in [0.2, 0.25) is 0 Å². The summed E-state index contributed by atoms with van der Waals surface area (Å²) >= 11 is 0. The molecule has 4 rings (SSSR count). The van der Waals surface area contributed by atoms with E-state index in [0.29, 0.717) is 13.1 Å². The third kappa shape index (κ3) is 4.47. The summed E-state index contributed by atoms with van der Waals surface area (Å²) in [4.78, 5) is 17.1. The SMILES string of the molecule is Cl.Cl.O=C(c1cccc2c1CCCN2)N1CCN(c2ccc(F)cc2)CC1. The second-order valence-electron chi connectivity index (χ2n) is 6.62. The van der Waals surface area contributed by atoms with Gasteiger partial charge in [0.2, 0.25) is 0 Å². The van der Waals surface area contributed by atoms with Gasteiger partial charge in [0, 0.05) is 49.7 Å². The van der Waals surface area contributed by atoms with Crippen molar-refractivity contribution >= 4 is 42.1 Å². The van der Waals surface area contributed by atoms with Gasteiger partial charge in [-0.25, -0.2) is 4.39 Å². The maximum Gasteiger partial charge on any atom is 0.254 e. The lowest BCUT2D eigenvalue weighted by Gasteiger charge is -2.36. The first-order valence-corrected chi connectivity index (χ1v) is 8.88. The number of nitrogens with zero attached hydrogens (tertiary/aromatic N) is 2. The summed E-state index contributed by atoms with van der Waals surface area (Å²) < 4.78 is 13.1. The molecule has 2 heterocycles. The van der Waals surface area contributed by atoms with E-state index in [1.54, 1.807) is 12.1 Å². The molecular weight excluding hydrogens is 388 g/mol. The first kappa shape index (κ1) is 21.3. The van der Waals surface area contributed by atoms with E-state index < -0.39 is 0 Å². The van der Waals surface area contributed by atoms with Crippen LogP contribution in [0.1, 0.15) is 22.3 Å². The molecule has 2 aliphatic heterocycles. The average Bonchev–Trinajstić information content (AvgIpc) is 2.68. The van der Waals surface area contributed by atoms with E-state index in [2.05, 4.69) is 16.3 Å². The Kier molecular flexibility index (Phi) is 7.33. The van der Waals surface area contributed by atoms with Gasteiger partial charge in [-0.1, -0.05) is 6.07 Å². The summed E-state index contributed by atoms with van der Waals surface area (Å²) in [7, 11) is 0. The molecule has 0 spiro atoms. The Labute approximate surface area is 171 Å². The molecule has 27 heavy (non-hydrogen) atoms. The lowest BCUT2D eigenvalue weighted by atomic mass is 9.96. The van der Waals surface area contributed by atoms with Gasteiger partial charge in [0.25, 0.3) is 5.91 Å². The zero-order valence-electron chi connectivity index (χ0n) is 15.0. The van der Waals surface area contributed by atoms with E-state index >= 15 is 0 Å². The highest BCUT2D eigenvalue weighted by Crippen LogP contribution is 2.27. The van der Waals surface area contributed by atoms with Crippen molar-refractivity contribution in [3.05, 3.63) is 59.4 Å². The molecule has 7 heteroatoms. The van der Waals surface area contributed by atoms with Gasteiger partial charge >= 0.3 is 0 Å². The average molecular weight is 412 g/mol. The molecule has 0 unspecified atom stereocenters. The van der Waals surface area contributed by atoms with Crippen LogP contribution in [0.15, 0.2) is 42.5 Å². The van der Waals surface area contributed by atoms with Crippen LogP contribution >= 0.6 is 24.8 Å². The van der Waals surface area contributed by atoms with Gasteiger partial charge in [0.1, 0.15) is 5.82 Å². The zero-order chi connectivity index (χ0) is 17.2. The highest BCUT2D eigenvalue weighted by Gasteiger charge is 2.25. The fourth-order valence-electron chi connectivity index (χ4n) is 3.70. The van der Waals surface area contributed by atoms with Gasteiger partial charge in [-0.3, -0.25) is 4.79 Å². The van der Waals surface area contributed by atoms with Crippen molar-refractivity contribution in [2.24, 2.45) is 0 Å². The first-order valence-electron chi connectivity index (χ1n) is 8.88. The minimum atomic E-state index is -0.222. The summed E-state index contributed by atoms with van der Waals surface area (Å²) in [5.41, 5.74) is 4.09. The third-order valence-electron chi connectivity index (χ3n) is 5.08. The second kappa shape index (κ2) is 9.29. The fraction of sp³-hybridized carbons (Fsp3) is 0.350. The number of halogens is 3. The Morgan fingerprint density at radius 1 is 0.963 bits per heavy atom. The summed E-state index contributed by atoms with van der Waals surface area (Å²) in [5.74, 6) is -0.0978. The van der Waals surface area contributed by atoms with Crippen LogP contribution in [-0.4, -0.2) is 43.5 Å². The molecule has 0 saturated carbocycles. The predicted molar refractivity (Wildman–Crippen MR) is 112 cm³/mol. The van der Waals surface area contributed by atoms with Gasteiger partial charge in [-0.15, -0.1) is 24.8 Å². The molecule has 0 aromatic heterocycles. The number of nitrogens with one attached hydrogen (secondary N) is 1. The number of carbonyl (C=O) groups excluding carboxylic acids is 1. The van der Waals surface area contributed by atoms with Crippen molar-refractivity contribution in [3.63, 3.8) is 0 Å². The topological polar surface area (TPSA) is 35.6 Å². The molecule has 146 valence electrons. The van der Waals surface area contributed by atoms with E-state index in [-0.39, 0.29) is 36.5 Å². The molecule has 0 atom stereocenters. The lowest BCUT2D eigenvalue weighted by molar-refractivity contribution is 0.0745. The van der Waals surface area contributed by atoms with Crippen molar-refractivity contribution in [1.29, 1.82) is 0 Å². The van der Waals surface area contributed by atoms with Crippen LogP contribution in [0.4, 0.5) is 15.8 Å². The molecule has 2 aromatic rings. The van der Waals surface area contributed by atoms with Crippen LogP contribution in [-0.2, 0) is 6.42 Å². The van der Waals surface area contributed by atoms with Gasteiger partial charge in [0.05, 0.1) is 0 Å². The fourth-order valence-corrected chi connectivity index (χ4v) is 3.70. The molecule has 1 amide bonds. The van der Waals surface area contributed by atoms with Crippen molar-refractivity contribution in [2.45, 2.75) is 12.8 Å². The summed E-state index contributed by atoms with van der Waals surface area (Å²) in [6.07, 6.45) is 2.02. The minimum Gasteiger partial charge on any atom is -0.385 e. The monoisotopic (exact) mass is 411 g/mol. The predicted octanol–water partition coefficient (Wildman–Crippen LogP) is 3.99. The van der Waals surface area contributed by atoms with Crippen molar-refractivity contribution < 1.29 is 9.18 Å². The Bertz CT molecular complexity index is 777. The highest BCUT2D eigenvalue weighted by molar-refractivity contribution is 5.97. The van der Waals surface area contributed by atoms with Crippen LogP contribution < -0.4 is 10.2 Å². The number of amides is 1. The van der Waals surface area contributed by atoms with Crippen LogP contribution in [0.3, 0.4) is 0 Å². The minimum absolute atomic E-state index is 0. The number of carbonyl (C=O) groups is 1. The molecule has 1 fully saturated rings. The highest BCUT2D eigenvalue weighted by atomic mass is 35.5. The number of benzene rings is 2. The molecule has 4 nitrogen and oxygen atoms in total. The first-order chi connectivity index (χ1) is 12.2. The Balaban J connectivity index is 0.00000131. The molecule has 1 saturated heterocycles. The Morgan fingerprint density at radius 3 is 2.37 bits per heavy atom. The third-order valence-corrected chi connectivity index (χ3v) is 5.08. The zero-order valence-corrected chi connectivity index (χ0v) is 16.6. The molecule has 2 aliphatic rings. The largest absolute Gasteiger partial charge is 0.385 e. The van der Waals surface area contributed by atoms with Crippen LogP contribution in [0, 0.1) is 5.82 Å². The molecule has 2 aromatic carbocycles. The van der Waals surface area contributed by atoms with Crippen LogP contribution in [0.25, 0.3) is 0 Å². The Morgan fingerprint density at radius 2 is 1.67 bits per heavy atom. The normalized spacial score (nSPS) is 15.7. The molecular formula is C20H24Cl2FN3O. The Hall–Kier alpha value is -1.98. The van der Waals surface area contributed by atoms with E-state index in [4.69, 9.17) is 0 Å². The molecule has 1 N–H and O–H groups in total. The number of rotatable bonds is 2. The van der Waals surface area contributed by atoms with E-state index in [9.17, 15) is 9.18 Å². The van der Waals surface area contributed by atoms with Gasteiger partial charge in [-0.05, 0) is 54.8 Å². The van der Waals surface area contributed by atoms with Gasteiger partial charge < -0.3 is 15.1 Å². The summed E-state index contributed by atoms with van der Waals surface area (Å²) in [5, 5.41) is 3.38.